The second-order valence-corrected chi connectivity index (χ2v) is 6.50. The lowest BCUT2D eigenvalue weighted by molar-refractivity contribution is 0.102. The van der Waals surface area contributed by atoms with Crippen LogP contribution < -0.4 is 5.32 Å². The van der Waals surface area contributed by atoms with Crippen molar-refractivity contribution >= 4 is 11.6 Å². The fourth-order valence-electron chi connectivity index (χ4n) is 3.20. The molecular formula is C18H21N7O. The molecule has 0 fully saturated rings. The van der Waals surface area contributed by atoms with Crippen LogP contribution in [0.15, 0.2) is 49.1 Å². The summed E-state index contributed by atoms with van der Waals surface area (Å²) < 4.78 is 3.77. The van der Waals surface area contributed by atoms with Gasteiger partial charge in [0.25, 0.3) is 5.91 Å². The van der Waals surface area contributed by atoms with Crippen molar-refractivity contribution in [3.63, 3.8) is 0 Å². The maximum Gasteiger partial charge on any atom is 0.276 e. The summed E-state index contributed by atoms with van der Waals surface area (Å²) in [5.41, 5.74) is 2.28. The van der Waals surface area contributed by atoms with Crippen LogP contribution in [0.5, 0.6) is 0 Å². The van der Waals surface area contributed by atoms with Gasteiger partial charge in [0.1, 0.15) is 12.7 Å². The first-order valence-corrected chi connectivity index (χ1v) is 8.68. The molecule has 0 saturated carbocycles. The van der Waals surface area contributed by atoms with Crippen LogP contribution in [0.25, 0.3) is 0 Å². The highest BCUT2D eigenvalue weighted by Crippen LogP contribution is 2.17. The van der Waals surface area contributed by atoms with Crippen molar-refractivity contribution in [2.24, 2.45) is 0 Å². The molecule has 1 amide bonds. The van der Waals surface area contributed by atoms with E-state index in [0.29, 0.717) is 11.7 Å². The number of fused-ring (bicyclic) bond motifs is 1. The van der Waals surface area contributed by atoms with Crippen LogP contribution in [0.4, 0.5) is 5.69 Å². The molecule has 0 spiro atoms. The maximum atomic E-state index is 12.4. The van der Waals surface area contributed by atoms with E-state index in [-0.39, 0.29) is 5.91 Å². The fourth-order valence-corrected chi connectivity index (χ4v) is 3.20. The highest BCUT2D eigenvalue weighted by Gasteiger charge is 2.24. The smallest absolute Gasteiger partial charge is 0.276 e. The molecule has 0 unspecified atom stereocenters. The quantitative estimate of drug-likeness (QED) is 0.756. The molecule has 0 radical (unpaired) electrons. The summed E-state index contributed by atoms with van der Waals surface area (Å²) in [6.45, 7) is 5.40. The molecule has 3 aromatic rings. The molecule has 1 aliphatic heterocycles. The molecule has 1 N–H and O–H groups in total. The van der Waals surface area contributed by atoms with Crippen LogP contribution in [0.3, 0.4) is 0 Å². The monoisotopic (exact) mass is 351 g/mol. The van der Waals surface area contributed by atoms with Gasteiger partial charge in [0.2, 0.25) is 0 Å². The van der Waals surface area contributed by atoms with Crippen LogP contribution in [-0.2, 0) is 19.6 Å². The van der Waals surface area contributed by atoms with Gasteiger partial charge in [-0.2, -0.15) is 10.2 Å². The number of nitrogens with one attached hydrogen (secondary N) is 1. The Bertz CT molecular complexity index is 872. The molecular weight excluding hydrogens is 330 g/mol. The van der Waals surface area contributed by atoms with Crippen LogP contribution in [0.1, 0.15) is 23.1 Å². The van der Waals surface area contributed by atoms with Gasteiger partial charge < -0.3 is 5.32 Å². The molecule has 26 heavy (non-hydrogen) atoms. The first kappa shape index (κ1) is 16.5. The lowest BCUT2D eigenvalue weighted by Gasteiger charge is -2.32. The van der Waals surface area contributed by atoms with Gasteiger partial charge in [0.15, 0.2) is 5.69 Å². The molecule has 2 aromatic heterocycles. The molecule has 8 nitrogen and oxygen atoms in total. The van der Waals surface area contributed by atoms with Crippen molar-refractivity contribution in [1.82, 2.24) is 29.4 Å². The molecule has 8 heteroatoms. The van der Waals surface area contributed by atoms with Gasteiger partial charge >= 0.3 is 0 Å². The van der Waals surface area contributed by atoms with Crippen LogP contribution in [0.2, 0.25) is 0 Å². The van der Waals surface area contributed by atoms with E-state index in [9.17, 15) is 4.79 Å². The van der Waals surface area contributed by atoms with E-state index in [0.717, 1.165) is 37.6 Å². The molecule has 4 rings (SSSR count). The largest absolute Gasteiger partial charge is 0.321 e. The van der Waals surface area contributed by atoms with E-state index in [1.807, 2.05) is 45.8 Å². The van der Waals surface area contributed by atoms with Gasteiger partial charge in [0.05, 0.1) is 18.8 Å². The van der Waals surface area contributed by atoms with E-state index in [1.165, 1.54) is 0 Å². The zero-order chi connectivity index (χ0) is 17.9. The molecule has 0 aliphatic carbocycles. The minimum Gasteiger partial charge on any atom is -0.321 e. The number of hydrogen-bond acceptors (Lipinski definition) is 5. The van der Waals surface area contributed by atoms with E-state index in [2.05, 4.69) is 32.3 Å². The second kappa shape index (κ2) is 7.09. The lowest BCUT2D eigenvalue weighted by Crippen LogP contribution is -2.41. The zero-order valence-corrected chi connectivity index (χ0v) is 14.6. The summed E-state index contributed by atoms with van der Waals surface area (Å²) in [6, 6.07) is 11.6. The predicted molar refractivity (Wildman–Crippen MR) is 96.5 cm³/mol. The topological polar surface area (TPSA) is 80.9 Å². The summed E-state index contributed by atoms with van der Waals surface area (Å²) in [5.74, 6) is -0.180. The van der Waals surface area contributed by atoms with E-state index in [1.54, 1.807) is 12.7 Å². The molecule has 0 bridgehead atoms. The number of hydrogen-bond donors (Lipinski definition) is 1. The van der Waals surface area contributed by atoms with Crippen LogP contribution in [-0.4, -0.2) is 47.9 Å². The van der Waals surface area contributed by atoms with Crippen molar-refractivity contribution in [1.29, 1.82) is 0 Å². The summed E-state index contributed by atoms with van der Waals surface area (Å²) in [6.07, 6.45) is 3.28. The van der Waals surface area contributed by atoms with Crippen molar-refractivity contribution in [3.05, 3.63) is 60.4 Å². The third-order valence-corrected chi connectivity index (χ3v) is 4.63. The Morgan fingerprint density at radius 3 is 2.88 bits per heavy atom. The van der Waals surface area contributed by atoms with E-state index >= 15 is 0 Å². The molecule has 1 aliphatic rings. The highest BCUT2D eigenvalue weighted by molar-refractivity contribution is 6.02. The standard InChI is InChI=1S/C18H21N7O/c1-14(10-24-13-19-12-20-24)23-7-8-25-16(11-23)9-17(22-25)18(26)21-15-5-3-2-4-6-15/h2-6,9,12-14H,7-8,10-11H2,1H3,(H,21,26)/t14-/m0/s1. The number of carbonyl (C=O) groups is 1. The fraction of sp³-hybridized carbons (Fsp3) is 0.333. The minimum absolute atomic E-state index is 0.180. The number of rotatable bonds is 5. The first-order chi connectivity index (χ1) is 12.7. The molecule has 0 saturated heterocycles. The van der Waals surface area contributed by atoms with E-state index in [4.69, 9.17) is 0 Å². The lowest BCUT2D eigenvalue weighted by atomic mass is 10.2. The minimum atomic E-state index is -0.180. The van der Waals surface area contributed by atoms with Crippen molar-refractivity contribution in [3.8, 4) is 0 Å². The first-order valence-electron chi connectivity index (χ1n) is 8.68. The Hall–Kier alpha value is -3.00. The summed E-state index contributed by atoms with van der Waals surface area (Å²) in [5, 5.41) is 11.5. The molecule has 1 aromatic carbocycles. The number of aromatic nitrogens is 5. The van der Waals surface area contributed by atoms with Gasteiger partial charge in [-0.05, 0) is 25.1 Å². The number of nitrogens with zero attached hydrogens (tertiary/aromatic N) is 6. The van der Waals surface area contributed by atoms with Crippen LogP contribution >= 0.6 is 0 Å². The van der Waals surface area contributed by atoms with Crippen molar-refractivity contribution in [2.45, 2.75) is 32.6 Å². The average molecular weight is 351 g/mol. The number of anilines is 1. The Balaban J connectivity index is 1.42. The van der Waals surface area contributed by atoms with Crippen LogP contribution in [0, 0.1) is 0 Å². The number of carbonyl (C=O) groups excluding carboxylic acids is 1. The van der Waals surface area contributed by atoms with E-state index < -0.39 is 0 Å². The van der Waals surface area contributed by atoms with Gasteiger partial charge in [-0.1, -0.05) is 18.2 Å². The Morgan fingerprint density at radius 1 is 1.27 bits per heavy atom. The van der Waals surface area contributed by atoms with Gasteiger partial charge in [-0.15, -0.1) is 0 Å². The highest BCUT2D eigenvalue weighted by atomic mass is 16.2. The normalized spacial score (nSPS) is 15.4. The molecule has 134 valence electrons. The zero-order valence-electron chi connectivity index (χ0n) is 14.6. The van der Waals surface area contributed by atoms with Crippen molar-refractivity contribution in [2.75, 3.05) is 11.9 Å². The average Bonchev–Trinajstić information content (AvgIpc) is 3.31. The number of para-hydroxylation sites is 1. The van der Waals surface area contributed by atoms with Gasteiger partial charge in [0, 0.05) is 24.8 Å². The molecule has 1 atom stereocenters. The number of amides is 1. The molecule has 3 heterocycles. The Labute approximate surface area is 151 Å². The third-order valence-electron chi connectivity index (χ3n) is 4.63. The maximum absolute atomic E-state index is 12.4. The third kappa shape index (κ3) is 3.50. The summed E-state index contributed by atoms with van der Waals surface area (Å²) in [7, 11) is 0. The Morgan fingerprint density at radius 2 is 2.12 bits per heavy atom. The predicted octanol–water partition coefficient (Wildman–Crippen LogP) is 1.63. The Kier molecular flexibility index (Phi) is 4.49. The summed E-state index contributed by atoms with van der Waals surface area (Å²) in [4.78, 5) is 18.8. The second-order valence-electron chi connectivity index (χ2n) is 6.50. The van der Waals surface area contributed by atoms with Gasteiger partial charge in [-0.25, -0.2) is 4.98 Å². The number of benzene rings is 1. The van der Waals surface area contributed by atoms with Crippen molar-refractivity contribution < 1.29 is 4.79 Å². The van der Waals surface area contributed by atoms with Gasteiger partial charge in [-0.3, -0.25) is 19.1 Å². The summed E-state index contributed by atoms with van der Waals surface area (Å²) >= 11 is 0. The SMILES string of the molecule is C[C@@H](Cn1cncn1)N1CCn2nc(C(=O)Nc3ccccc3)cc2C1.